The Hall–Kier alpha value is -1.18. The van der Waals surface area contributed by atoms with E-state index >= 15 is 0 Å². The van der Waals surface area contributed by atoms with Crippen LogP contribution in [0.5, 0.6) is 0 Å². The van der Waals surface area contributed by atoms with Crippen molar-refractivity contribution >= 4 is 39.7 Å². The minimum Gasteiger partial charge on any atom is -0.399 e. The zero-order valence-corrected chi connectivity index (χ0v) is 13.9. The van der Waals surface area contributed by atoms with Gasteiger partial charge in [0.1, 0.15) is 0 Å². The van der Waals surface area contributed by atoms with Crippen LogP contribution in [0, 0.1) is 0 Å². The van der Waals surface area contributed by atoms with Crippen molar-refractivity contribution < 1.29 is 4.21 Å². The molecule has 0 saturated carbocycles. The van der Waals surface area contributed by atoms with Gasteiger partial charge in [0.25, 0.3) is 0 Å². The number of aromatic nitrogens is 4. The third-order valence-electron chi connectivity index (χ3n) is 3.02. The molecule has 1 aromatic heterocycles. The largest absolute Gasteiger partial charge is 0.399 e. The summed E-state index contributed by atoms with van der Waals surface area (Å²) in [5.74, 6) is 1.06. The van der Waals surface area contributed by atoms with E-state index in [2.05, 4.69) is 15.5 Å². The van der Waals surface area contributed by atoms with Crippen LogP contribution < -0.4 is 5.73 Å². The van der Waals surface area contributed by atoms with Gasteiger partial charge in [-0.05, 0) is 35.9 Å². The molecule has 6 nitrogen and oxygen atoms in total. The zero-order valence-electron chi connectivity index (χ0n) is 11.6. The van der Waals surface area contributed by atoms with Crippen LogP contribution in [0.15, 0.2) is 12.1 Å². The van der Waals surface area contributed by atoms with E-state index in [4.69, 9.17) is 28.9 Å². The lowest BCUT2D eigenvalue weighted by Crippen LogP contribution is -2.12. The lowest BCUT2D eigenvalue weighted by molar-refractivity contribution is 0.470. The van der Waals surface area contributed by atoms with E-state index in [0.717, 1.165) is 0 Å². The molecular formula is C12H15Cl2N5OS. The maximum absolute atomic E-state index is 11.2. The zero-order chi connectivity index (χ0) is 15.6. The fraction of sp³-hybridized carbons (Fsp3) is 0.417. The summed E-state index contributed by atoms with van der Waals surface area (Å²) in [5.41, 5.74) is 6.86. The third-order valence-corrected chi connectivity index (χ3v) is 4.64. The standard InChI is InChI=1S/C12H15Cl2N5OS/c1-7(3-4-21(2)20)19-12(16-17-18-19)9-5-8(15)6-10(13)11(9)14/h5-7H,3-4,15H2,1-2H3. The molecule has 0 bridgehead atoms. The highest BCUT2D eigenvalue weighted by molar-refractivity contribution is 7.84. The van der Waals surface area contributed by atoms with Gasteiger partial charge in [-0.2, -0.15) is 0 Å². The molecule has 0 aliphatic rings. The van der Waals surface area contributed by atoms with Gasteiger partial charge in [0.2, 0.25) is 0 Å². The lowest BCUT2D eigenvalue weighted by atomic mass is 10.1. The van der Waals surface area contributed by atoms with Crippen molar-refractivity contribution in [3.8, 4) is 11.4 Å². The van der Waals surface area contributed by atoms with Crippen LogP contribution in [0.4, 0.5) is 5.69 Å². The van der Waals surface area contributed by atoms with Crippen molar-refractivity contribution in [2.45, 2.75) is 19.4 Å². The predicted octanol–water partition coefficient (Wildman–Crippen LogP) is 2.56. The minimum absolute atomic E-state index is 0.0184. The molecule has 2 unspecified atom stereocenters. The van der Waals surface area contributed by atoms with Gasteiger partial charge in [-0.3, -0.25) is 4.21 Å². The topological polar surface area (TPSA) is 86.7 Å². The summed E-state index contributed by atoms with van der Waals surface area (Å²) in [7, 11) is -0.860. The summed E-state index contributed by atoms with van der Waals surface area (Å²) in [6.45, 7) is 1.95. The van der Waals surface area contributed by atoms with E-state index < -0.39 is 10.8 Å². The first-order chi connectivity index (χ1) is 9.90. The Bertz CT molecular complexity index is 676. The highest BCUT2D eigenvalue weighted by Gasteiger charge is 2.19. The second kappa shape index (κ2) is 6.72. The summed E-state index contributed by atoms with van der Waals surface area (Å²) < 4.78 is 12.9. The molecule has 2 atom stereocenters. The van der Waals surface area contributed by atoms with Gasteiger partial charge in [-0.15, -0.1) is 5.10 Å². The fourth-order valence-electron chi connectivity index (χ4n) is 1.90. The smallest absolute Gasteiger partial charge is 0.183 e. The first kappa shape index (κ1) is 16.2. The Morgan fingerprint density at radius 2 is 2.14 bits per heavy atom. The number of halogens is 2. The number of benzene rings is 1. The fourth-order valence-corrected chi connectivity index (χ4v) is 2.99. The van der Waals surface area contributed by atoms with Gasteiger partial charge in [-0.1, -0.05) is 23.2 Å². The highest BCUT2D eigenvalue weighted by atomic mass is 35.5. The van der Waals surface area contributed by atoms with Crippen LogP contribution in [0.3, 0.4) is 0 Å². The highest BCUT2D eigenvalue weighted by Crippen LogP contribution is 2.35. The molecule has 0 fully saturated rings. The van der Waals surface area contributed by atoms with E-state index in [-0.39, 0.29) is 6.04 Å². The average molecular weight is 348 g/mol. The number of hydrogen-bond donors (Lipinski definition) is 1. The monoisotopic (exact) mass is 347 g/mol. The van der Waals surface area contributed by atoms with Crippen LogP contribution in [0.1, 0.15) is 19.4 Å². The third kappa shape index (κ3) is 3.72. The van der Waals surface area contributed by atoms with Crippen LogP contribution in [0.25, 0.3) is 11.4 Å². The van der Waals surface area contributed by atoms with Crippen molar-refractivity contribution in [2.24, 2.45) is 0 Å². The van der Waals surface area contributed by atoms with Crippen molar-refractivity contribution in [1.29, 1.82) is 0 Å². The Morgan fingerprint density at radius 3 is 2.81 bits per heavy atom. The molecule has 9 heteroatoms. The molecule has 2 N–H and O–H groups in total. The predicted molar refractivity (Wildman–Crippen MR) is 85.9 cm³/mol. The van der Waals surface area contributed by atoms with Gasteiger partial charge in [0, 0.05) is 34.1 Å². The number of nitrogens with two attached hydrogens (primary N) is 1. The second-order valence-corrected chi connectivity index (χ2v) is 7.07. The van der Waals surface area contributed by atoms with Crippen molar-refractivity contribution in [2.75, 3.05) is 17.7 Å². The molecule has 2 aromatic rings. The van der Waals surface area contributed by atoms with E-state index in [1.54, 1.807) is 23.1 Å². The SMILES string of the molecule is CC(CCS(C)=O)n1nnnc1-c1cc(N)cc(Cl)c1Cl. The Balaban J connectivity index is 2.39. The van der Waals surface area contributed by atoms with Crippen LogP contribution in [-0.4, -0.2) is 36.4 Å². The van der Waals surface area contributed by atoms with E-state index in [1.807, 2.05) is 6.92 Å². The summed E-state index contributed by atoms with van der Waals surface area (Å²) >= 11 is 12.3. The summed E-state index contributed by atoms with van der Waals surface area (Å²) in [4.78, 5) is 0. The Labute approximate surface area is 135 Å². The summed E-state index contributed by atoms with van der Waals surface area (Å²) in [5, 5.41) is 12.4. The number of tetrazole rings is 1. The molecule has 0 saturated heterocycles. The molecule has 0 aliphatic carbocycles. The molecule has 0 spiro atoms. The van der Waals surface area contributed by atoms with Gasteiger partial charge in [0.15, 0.2) is 5.82 Å². The maximum Gasteiger partial charge on any atom is 0.183 e. The molecule has 2 rings (SSSR count). The summed E-state index contributed by atoms with van der Waals surface area (Å²) in [6.07, 6.45) is 2.36. The molecule has 0 aliphatic heterocycles. The van der Waals surface area contributed by atoms with Crippen LogP contribution in [0.2, 0.25) is 10.0 Å². The Kier molecular flexibility index (Phi) is 5.18. The molecular weight excluding hydrogens is 333 g/mol. The van der Waals surface area contributed by atoms with Crippen LogP contribution in [-0.2, 0) is 10.8 Å². The number of rotatable bonds is 5. The number of nitrogen functional groups attached to an aromatic ring is 1. The lowest BCUT2D eigenvalue weighted by Gasteiger charge is -2.14. The molecule has 21 heavy (non-hydrogen) atoms. The molecule has 1 aromatic carbocycles. The molecule has 1 heterocycles. The van der Waals surface area contributed by atoms with Gasteiger partial charge in [0.05, 0.1) is 16.1 Å². The number of anilines is 1. The molecule has 0 amide bonds. The number of hydrogen-bond acceptors (Lipinski definition) is 5. The van der Waals surface area contributed by atoms with Crippen molar-refractivity contribution in [1.82, 2.24) is 20.2 Å². The quantitative estimate of drug-likeness (QED) is 0.839. The second-order valence-electron chi connectivity index (χ2n) is 4.73. The number of nitrogens with zero attached hydrogens (tertiary/aromatic N) is 4. The van der Waals surface area contributed by atoms with Crippen molar-refractivity contribution in [3.63, 3.8) is 0 Å². The van der Waals surface area contributed by atoms with Crippen molar-refractivity contribution in [3.05, 3.63) is 22.2 Å². The minimum atomic E-state index is -0.860. The van der Waals surface area contributed by atoms with Crippen LogP contribution >= 0.6 is 23.2 Å². The van der Waals surface area contributed by atoms with E-state index in [9.17, 15) is 4.21 Å². The molecule has 0 radical (unpaired) electrons. The van der Waals surface area contributed by atoms with Gasteiger partial charge < -0.3 is 5.73 Å². The van der Waals surface area contributed by atoms with Gasteiger partial charge in [-0.25, -0.2) is 4.68 Å². The molecule has 114 valence electrons. The normalized spacial score (nSPS) is 14.1. The summed E-state index contributed by atoms with van der Waals surface area (Å²) in [6, 6.07) is 3.24. The maximum atomic E-state index is 11.2. The van der Waals surface area contributed by atoms with Gasteiger partial charge >= 0.3 is 0 Å². The van der Waals surface area contributed by atoms with E-state index in [0.29, 0.717) is 39.3 Å². The van der Waals surface area contributed by atoms with E-state index in [1.165, 1.54) is 0 Å². The Morgan fingerprint density at radius 1 is 1.43 bits per heavy atom. The average Bonchev–Trinajstić information content (AvgIpc) is 2.89. The first-order valence-electron chi connectivity index (χ1n) is 6.23. The first-order valence-corrected chi connectivity index (χ1v) is 8.71.